The molecule has 1 N–H and O–H groups in total. The van der Waals surface area contributed by atoms with Gasteiger partial charge < -0.3 is 4.42 Å². The van der Waals surface area contributed by atoms with Crippen LogP contribution in [0, 0.1) is 0 Å². The smallest absolute Gasteiger partial charge is 0.228 e. The van der Waals surface area contributed by atoms with Crippen LogP contribution in [0.5, 0.6) is 0 Å². The van der Waals surface area contributed by atoms with E-state index in [1.54, 1.807) is 26.8 Å². The van der Waals surface area contributed by atoms with Gasteiger partial charge in [-0.15, -0.1) is 0 Å². The molecule has 0 unspecified atom stereocenters. The van der Waals surface area contributed by atoms with Crippen LogP contribution in [0.2, 0.25) is 0 Å². The highest BCUT2D eigenvalue weighted by Crippen LogP contribution is 2.30. The molecule has 2 aromatic rings. The van der Waals surface area contributed by atoms with Crippen molar-refractivity contribution in [2.45, 2.75) is 42.0 Å². The van der Waals surface area contributed by atoms with Gasteiger partial charge in [0.15, 0.2) is 0 Å². The van der Waals surface area contributed by atoms with Crippen LogP contribution in [0.1, 0.15) is 32.6 Å². The molecule has 0 aliphatic rings. The van der Waals surface area contributed by atoms with Crippen molar-refractivity contribution in [1.29, 1.82) is 0 Å². The van der Waals surface area contributed by atoms with E-state index < -0.39 is 37.1 Å². The molecular weight excluding hydrogens is 353 g/mol. The molecule has 0 saturated heterocycles. The number of sulfone groups is 1. The second-order valence-electron chi connectivity index (χ2n) is 6.20. The third-order valence-corrected chi connectivity index (χ3v) is 6.64. The Hall–Kier alpha value is -1.51. The third kappa shape index (κ3) is 4.12. The van der Waals surface area contributed by atoms with Gasteiger partial charge in [0.1, 0.15) is 11.8 Å². The fourth-order valence-corrected chi connectivity index (χ4v) is 4.18. The minimum absolute atomic E-state index is 0.0691. The molecule has 0 aliphatic heterocycles. The lowest BCUT2D eigenvalue weighted by Crippen LogP contribution is -2.41. The van der Waals surface area contributed by atoms with Crippen LogP contribution in [-0.2, 0) is 20.8 Å². The van der Waals surface area contributed by atoms with Crippen molar-refractivity contribution in [2.24, 2.45) is 0 Å². The van der Waals surface area contributed by atoms with E-state index in [1.807, 2.05) is 0 Å². The van der Waals surface area contributed by atoms with Crippen LogP contribution in [-0.4, -0.2) is 22.9 Å². The number of furan rings is 1. The average molecular weight is 373 g/mol. The van der Waals surface area contributed by atoms with Gasteiger partial charge in [0.05, 0.1) is 26.9 Å². The molecule has 1 aromatic heterocycles. The summed E-state index contributed by atoms with van der Waals surface area (Å²) >= 11 is 0. The first-order chi connectivity index (χ1) is 11.1. The second-order valence-corrected chi connectivity index (χ2v) is 10.2. The highest BCUT2D eigenvalue weighted by atomic mass is 32.2. The summed E-state index contributed by atoms with van der Waals surface area (Å²) in [4.78, 5) is -0.141. The summed E-state index contributed by atoms with van der Waals surface area (Å²) in [5, 5.41) is 0. The van der Waals surface area contributed by atoms with Crippen molar-refractivity contribution >= 4 is 20.8 Å². The zero-order valence-corrected chi connectivity index (χ0v) is 15.2. The van der Waals surface area contributed by atoms with Crippen LogP contribution in [0.25, 0.3) is 0 Å². The Labute approximate surface area is 143 Å². The van der Waals surface area contributed by atoms with E-state index in [1.165, 1.54) is 42.7 Å². The predicted octanol–water partition coefficient (Wildman–Crippen LogP) is 3.14. The minimum Gasteiger partial charge on any atom is -0.468 e. The van der Waals surface area contributed by atoms with Crippen LogP contribution < -0.4 is 4.72 Å². The molecule has 1 aromatic carbocycles. The van der Waals surface area contributed by atoms with Crippen molar-refractivity contribution in [3.8, 4) is 0 Å². The van der Waals surface area contributed by atoms with E-state index in [2.05, 4.69) is 4.72 Å². The Morgan fingerprint density at radius 3 is 2.25 bits per heavy atom. The Morgan fingerprint density at radius 1 is 1.12 bits per heavy atom. The molecule has 3 atom stereocenters. The lowest BCUT2D eigenvalue weighted by Gasteiger charge is -2.25. The molecule has 0 amide bonds. The van der Waals surface area contributed by atoms with Gasteiger partial charge in [-0.1, -0.05) is 18.2 Å². The summed E-state index contributed by atoms with van der Waals surface area (Å²) in [6.07, 6.45) is 1.31. The minimum atomic E-state index is -4.28. The second kappa shape index (κ2) is 7.16. The van der Waals surface area contributed by atoms with Crippen LogP contribution in [0.3, 0.4) is 0 Å². The highest BCUT2D eigenvalue weighted by Gasteiger charge is 2.39. The molecule has 0 bridgehead atoms. The van der Waals surface area contributed by atoms with E-state index in [9.17, 15) is 17.0 Å². The zero-order valence-electron chi connectivity index (χ0n) is 13.6. The summed E-state index contributed by atoms with van der Waals surface area (Å²) in [6, 6.07) is 8.90. The normalized spacial score (nSPS) is 16.5. The standard InChI is InChI=1S/C16H20FNO4S2/c1-16(2,3)23(19)18-14(13-10-7-11-22-13)15(17)24(20,21)12-8-5-4-6-9-12/h4-11,14-15,18H,1-3H3/t14-,15+,23+/m0/s1. The van der Waals surface area contributed by atoms with Gasteiger partial charge in [0.25, 0.3) is 0 Å². The van der Waals surface area contributed by atoms with Crippen molar-refractivity contribution in [3.05, 3.63) is 54.5 Å². The highest BCUT2D eigenvalue weighted by molar-refractivity contribution is 7.92. The number of halogens is 1. The van der Waals surface area contributed by atoms with Crippen molar-refractivity contribution in [2.75, 3.05) is 0 Å². The van der Waals surface area contributed by atoms with E-state index in [0.717, 1.165) is 0 Å². The van der Waals surface area contributed by atoms with Gasteiger partial charge in [-0.2, -0.15) is 0 Å². The van der Waals surface area contributed by atoms with Gasteiger partial charge >= 0.3 is 0 Å². The number of hydrogen-bond donors (Lipinski definition) is 1. The molecule has 2 rings (SSSR count). The van der Waals surface area contributed by atoms with Crippen molar-refractivity contribution < 1.29 is 21.4 Å². The number of rotatable bonds is 6. The molecule has 0 saturated carbocycles. The van der Waals surface area contributed by atoms with Gasteiger partial charge in [0, 0.05) is 0 Å². The summed E-state index contributed by atoms with van der Waals surface area (Å²) in [5.74, 6) is 0.0691. The molecule has 0 spiro atoms. The molecule has 24 heavy (non-hydrogen) atoms. The number of hydrogen-bond acceptors (Lipinski definition) is 4. The van der Waals surface area contributed by atoms with Gasteiger partial charge in [-0.25, -0.2) is 21.7 Å². The quantitative estimate of drug-likeness (QED) is 0.844. The number of nitrogens with one attached hydrogen (secondary N) is 1. The molecule has 8 heteroatoms. The maximum atomic E-state index is 15.0. The van der Waals surface area contributed by atoms with Crippen LogP contribution in [0.15, 0.2) is 58.0 Å². The first-order valence-corrected chi connectivity index (χ1v) is 9.98. The largest absolute Gasteiger partial charge is 0.468 e. The SMILES string of the molecule is CC(C)(C)[S@@](=O)N[C@@H](c1ccco1)[C@H](F)S(=O)(=O)c1ccccc1. The molecule has 0 radical (unpaired) electrons. The molecular formula is C16H20FNO4S2. The number of benzene rings is 1. The van der Waals surface area contributed by atoms with Crippen LogP contribution in [0.4, 0.5) is 4.39 Å². The lowest BCUT2D eigenvalue weighted by molar-refractivity contribution is 0.318. The van der Waals surface area contributed by atoms with Crippen molar-refractivity contribution in [3.63, 3.8) is 0 Å². The van der Waals surface area contributed by atoms with E-state index >= 15 is 0 Å². The summed E-state index contributed by atoms with van der Waals surface area (Å²) in [5.41, 5.74) is -2.35. The monoisotopic (exact) mass is 373 g/mol. The first-order valence-electron chi connectivity index (χ1n) is 7.28. The lowest BCUT2D eigenvalue weighted by atomic mass is 10.2. The van der Waals surface area contributed by atoms with E-state index in [-0.39, 0.29) is 10.7 Å². The van der Waals surface area contributed by atoms with Gasteiger partial charge in [-0.3, -0.25) is 0 Å². The summed E-state index contributed by atoms with van der Waals surface area (Å²) in [6.45, 7) is 5.11. The fourth-order valence-electron chi connectivity index (χ4n) is 1.92. The Bertz CT molecular complexity index is 783. The van der Waals surface area contributed by atoms with Gasteiger partial charge in [0.2, 0.25) is 15.3 Å². The third-order valence-electron chi connectivity index (χ3n) is 3.27. The molecule has 132 valence electrons. The Balaban J connectivity index is 2.39. The first kappa shape index (κ1) is 18.8. The molecule has 0 aliphatic carbocycles. The summed E-state index contributed by atoms with van der Waals surface area (Å²) in [7, 11) is -5.96. The topological polar surface area (TPSA) is 76.4 Å². The van der Waals surface area contributed by atoms with Crippen molar-refractivity contribution in [1.82, 2.24) is 4.72 Å². The molecule has 5 nitrogen and oxygen atoms in total. The maximum Gasteiger partial charge on any atom is 0.228 e. The van der Waals surface area contributed by atoms with Crippen LogP contribution >= 0.6 is 0 Å². The zero-order chi connectivity index (χ0) is 18.0. The Morgan fingerprint density at radius 2 is 1.75 bits per heavy atom. The molecule has 0 fully saturated rings. The Kier molecular flexibility index (Phi) is 5.62. The fraction of sp³-hybridized carbons (Fsp3) is 0.375. The summed E-state index contributed by atoms with van der Waals surface area (Å²) < 4.78 is 59.4. The van der Waals surface area contributed by atoms with E-state index in [4.69, 9.17) is 4.42 Å². The van der Waals surface area contributed by atoms with Gasteiger partial charge in [-0.05, 0) is 45.0 Å². The van der Waals surface area contributed by atoms with E-state index in [0.29, 0.717) is 0 Å². The number of alkyl halides is 1. The molecule has 1 heterocycles. The predicted molar refractivity (Wildman–Crippen MR) is 91.0 cm³/mol. The average Bonchev–Trinajstić information content (AvgIpc) is 3.05. The maximum absolute atomic E-state index is 15.0.